The number of carbonyl (C=O) groups excluding carboxylic acids is 1. The molecule has 0 spiro atoms. The number of aryl methyl sites for hydroxylation is 1. The molecule has 0 saturated heterocycles. The summed E-state index contributed by atoms with van der Waals surface area (Å²) < 4.78 is 20.5. The molecule has 0 aliphatic carbocycles. The van der Waals surface area contributed by atoms with Crippen molar-refractivity contribution in [2.75, 3.05) is 11.9 Å². The van der Waals surface area contributed by atoms with Gasteiger partial charge in [-0.3, -0.25) is 9.20 Å². The van der Waals surface area contributed by atoms with Crippen LogP contribution < -0.4 is 10.1 Å². The standard InChI is InChI=1S/C17H16FN3O2/c1-3-23-14-8-5-9-21-15(11(2)19-16(14)21)17(22)20-13-7-4-6-12(18)10-13/h4-10H,3H2,1-2H3,(H,20,22). The van der Waals surface area contributed by atoms with Crippen LogP contribution in [0.5, 0.6) is 5.75 Å². The first-order valence-corrected chi connectivity index (χ1v) is 7.27. The average molecular weight is 313 g/mol. The van der Waals surface area contributed by atoms with Crippen molar-refractivity contribution in [2.24, 2.45) is 0 Å². The number of rotatable bonds is 4. The van der Waals surface area contributed by atoms with Gasteiger partial charge in [0.1, 0.15) is 11.5 Å². The summed E-state index contributed by atoms with van der Waals surface area (Å²) in [6.45, 7) is 4.15. The largest absolute Gasteiger partial charge is 0.490 e. The fourth-order valence-electron chi connectivity index (χ4n) is 2.45. The van der Waals surface area contributed by atoms with Gasteiger partial charge in [0.25, 0.3) is 5.91 Å². The Labute approximate surface area is 132 Å². The van der Waals surface area contributed by atoms with Crippen molar-refractivity contribution < 1.29 is 13.9 Å². The molecule has 0 fully saturated rings. The summed E-state index contributed by atoms with van der Waals surface area (Å²) >= 11 is 0. The predicted octanol–water partition coefficient (Wildman–Crippen LogP) is 3.43. The zero-order valence-electron chi connectivity index (χ0n) is 12.8. The van der Waals surface area contributed by atoms with Gasteiger partial charge in [-0.05, 0) is 44.2 Å². The molecule has 3 aromatic rings. The van der Waals surface area contributed by atoms with Crippen molar-refractivity contribution in [1.29, 1.82) is 0 Å². The van der Waals surface area contributed by atoms with Crippen LogP contribution in [0.1, 0.15) is 23.1 Å². The van der Waals surface area contributed by atoms with Gasteiger partial charge in [-0.25, -0.2) is 9.37 Å². The molecule has 118 valence electrons. The van der Waals surface area contributed by atoms with Gasteiger partial charge in [0.2, 0.25) is 0 Å². The van der Waals surface area contributed by atoms with Crippen LogP contribution in [0.3, 0.4) is 0 Å². The number of hydrogen-bond acceptors (Lipinski definition) is 3. The molecule has 23 heavy (non-hydrogen) atoms. The molecule has 0 aliphatic rings. The summed E-state index contributed by atoms with van der Waals surface area (Å²) in [5, 5.41) is 2.69. The van der Waals surface area contributed by atoms with Gasteiger partial charge < -0.3 is 10.1 Å². The van der Waals surface area contributed by atoms with Gasteiger partial charge in [-0.15, -0.1) is 0 Å². The normalized spacial score (nSPS) is 10.7. The number of fused-ring (bicyclic) bond motifs is 1. The first-order chi connectivity index (χ1) is 11.1. The van der Waals surface area contributed by atoms with E-state index in [1.165, 1.54) is 12.1 Å². The van der Waals surface area contributed by atoms with E-state index < -0.39 is 5.82 Å². The molecule has 0 unspecified atom stereocenters. The van der Waals surface area contributed by atoms with Gasteiger partial charge >= 0.3 is 0 Å². The Hall–Kier alpha value is -2.89. The molecule has 0 saturated carbocycles. The molecule has 2 heterocycles. The maximum absolute atomic E-state index is 13.2. The minimum Gasteiger partial charge on any atom is -0.490 e. The molecular weight excluding hydrogens is 297 g/mol. The SMILES string of the molecule is CCOc1cccn2c(C(=O)Nc3cccc(F)c3)c(C)nc12. The van der Waals surface area contributed by atoms with Crippen LogP contribution in [0.4, 0.5) is 10.1 Å². The van der Waals surface area contributed by atoms with Gasteiger partial charge in [0.15, 0.2) is 11.4 Å². The number of aromatic nitrogens is 2. The lowest BCUT2D eigenvalue weighted by Gasteiger charge is -2.07. The molecule has 0 radical (unpaired) electrons. The second-order valence-electron chi connectivity index (χ2n) is 5.01. The van der Waals surface area contributed by atoms with Crippen molar-refractivity contribution in [3.8, 4) is 5.75 Å². The summed E-state index contributed by atoms with van der Waals surface area (Å²) in [7, 11) is 0. The monoisotopic (exact) mass is 313 g/mol. The number of imidazole rings is 1. The lowest BCUT2D eigenvalue weighted by Crippen LogP contribution is -2.15. The fourth-order valence-corrected chi connectivity index (χ4v) is 2.45. The average Bonchev–Trinajstić information content (AvgIpc) is 2.84. The Morgan fingerprint density at radius 3 is 2.91 bits per heavy atom. The third-order valence-electron chi connectivity index (χ3n) is 3.39. The molecule has 3 rings (SSSR count). The third-order valence-corrected chi connectivity index (χ3v) is 3.39. The summed E-state index contributed by atoms with van der Waals surface area (Å²) in [4.78, 5) is 17.0. The number of halogens is 1. The van der Waals surface area contributed by atoms with E-state index in [1.54, 1.807) is 41.8 Å². The Balaban J connectivity index is 2.00. The molecule has 1 N–H and O–H groups in total. The number of nitrogens with one attached hydrogen (secondary N) is 1. The van der Waals surface area contributed by atoms with Crippen LogP contribution in [-0.4, -0.2) is 21.9 Å². The Morgan fingerprint density at radius 1 is 1.35 bits per heavy atom. The molecule has 1 aromatic carbocycles. The molecule has 0 atom stereocenters. The lowest BCUT2D eigenvalue weighted by molar-refractivity contribution is 0.102. The molecule has 1 amide bonds. The Morgan fingerprint density at radius 2 is 2.17 bits per heavy atom. The van der Waals surface area contributed by atoms with Crippen LogP contribution >= 0.6 is 0 Å². The predicted molar refractivity (Wildman–Crippen MR) is 85.5 cm³/mol. The van der Waals surface area contributed by atoms with Crippen LogP contribution in [-0.2, 0) is 0 Å². The first-order valence-electron chi connectivity index (χ1n) is 7.27. The number of pyridine rings is 1. The summed E-state index contributed by atoms with van der Waals surface area (Å²) in [6, 6.07) is 9.35. The maximum Gasteiger partial charge on any atom is 0.274 e. The number of hydrogen-bond donors (Lipinski definition) is 1. The first kappa shape index (κ1) is 15.0. The van der Waals surface area contributed by atoms with Crippen molar-refractivity contribution in [2.45, 2.75) is 13.8 Å². The molecule has 0 aliphatic heterocycles. The minimum atomic E-state index is -0.406. The van der Waals surface area contributed by atoms with E-state index in [4.69, 9.17) is 4.74 Å². The van der Waals surface area contributed by atoms with Gasteiger partial charge in [-0.2, -0.15) is 0 Å². The van der Waals surface area contributed by atoms with E-state index in [1.807, 2.05) is 6.92 Å². The van der Waals surface area contributed by atoms with E-state index in [0.717, 1.165) is 0 Å². The van der Waals surface area contributed by atoms with Gasteiger partial charge in [-0.1, -0.05) is 6.07 Å². The lowest BCUT2D eigenvalue weighted by atomic mass is 10.2. The van der Waals surface area contributed by atoms with Crippen molar-refractivity contribution in [1.82, 2.24) is 9.38 Å². The number of ether oxygens (including phenoxy) is 1. The second kappa shape index (κ2) is 6.08. The zero-order chi connectivity index (χ0) is 16.4. The quantitative estimate of drug-likeness (QED) is 0.803. The van der Waals surface area contributed by atoms with Crippen molar-refractivity contribution in [3.05, 3.63) is 59.8 Å². The van der Waals surface area contributed by atoms with Crippen LogP contribution in [0.25, 0.3) is 5.65 Å². The highest BCUT2D eigenvalue weighted by Gasteiger charge is 2.19. The van der Waals surface area contributed by atoms with Gasteiger partial charge in [0, 0.05) is 11.9 Å². The Kier molecular flexibility index (Phi) is 3.97. The van der Waals surface area contributed by atoms with E-state index >= 15 is 0 Å². The summed E-state index contributed by atoms with van der Waals surface area (Å²) in [5.41, 5.74) is 1.94. The number of amides is 1. The van der Waals surface area contributed by atoms with Crippen LogP contribution in [0, 0.1) is 12.7 Å². The van der Waals surface area contributed by atoms with E-state index in [9.17, 15) is 9.18 Å². The molecule has 6 heteroatoms. The second-order valence-corrected chi connectivity index (χ2v) is 5.01. The van der Waals surface area contributed by atoms with Crippen LogP contribution in [0.2, 0.25) is 0 Å². The number of carbonyl (C=O) groups is 1. The third kappa shape index (κ3) is 2.88. The summed E-state index contributed by atoms with van der Waals surface area (Å²) in [6.07, 6.45) is 1.75. The zero-order valence-corrected chi connectivity index (χ0v) is 12.8. The maximum atomic E-state index is 13.2. The minimum absolute atomic E-state index is 0.353. The smallest absolute Gasteiger partial charge is 0.274 e. The highest BCUT2D eigenvalue weighted by Crippen LogP contribution is 2.23. The topological polar surface area (TPSA) is 55.6 Å². The van der Waals surface area contributed by atoms with E-state index in [-0.39, 0.29) is 5.91 Å². The number of benzene rings is 1. The molecule has 2 aromatic heterocycles. The van der Waals surface area contributed by atoms with Gasteiger partial charge in [0.05, 0.1) is 12.3 Å². The van der Waals surface area contributed by atoms with Crippen molar-refractivity contribution >= 4 is 17.2 Å². The highest BCUT2D eigenvalue weighted by molar-refractivity contribution is 6.04. The number of nitrogens with zero attached hydrogens (tertiary/aromatic N) is 2. The fraction of sp³-hybridized carbons (Fsp3) is 0.176. The molecule has 0 bridgehead atoms. The highest BCUT2D eigenvalue weighted by atomic mass is 19.1. The molecule has 5 nitrogen and oxygen atoms in total. The van der Waals surface area contributed by atoms with E-state index in [2.05, 4.69) is 10.3 Å². The number of anilines is 1. The van der Waals surface area contributed by atoms with E-state index in [0.29, 0.717) is 35.1 Å². The summed E-state index contributed by atoms with van der Waals surface area (Å²) in [5.74, 6) is -0.145. The molecular formula is C17H16FN3O2. The van der Waals surface area contributed by atoms with Crippen LogP contribution in [0.15, 0.2) is 42.6 Å². The Bertz CT molecular complexity index is 873. The van der Waals surface area contributed by atoms with Crippen molar-refractivity contribution in [3.63, 3.8) is 0 Å².